The summed E-state index contributed by atoms with van der Waals surface area (Å²) in [6, 6.07) is 10.6. The molecule has 1 aromatic heterocycles. The topological polar surface area (TPSA) is 24.9 Å². The molecule has 0 unspecified atom stereocenters. The van der Waals surface area contributed by atoms with Crippen molar-refractivity contribution < 1.29 is 2.85 Å². The monoisotopic (exact) mass is 348 g/mol. The second kappa shape index (κ2) is 7.04. The van der Waals surface area contributed by atoms with Crippen LogP contribution in [0, 0.1) is 0 Å². The van der Waals surface area contributed by atoms with E-state index in [-0.39, 0.29) is 15.3 Å². The first-order chi connectivity index (χ1) is 10.8. The molecule has 1 saturated heterocycles. The van der Waals surface area contributed by atoms with Crippen molar-refractivity contribution in [3.05, 3.63) is 69.5 Å². The molecule has 2 aromatic rings. The molecule has 2 heterocycles. The van der Waals surface area contributed by atoms with E-state index in [1.807, 2.05) is 18.3 Å². The van der Waals surface area contributed by atoms with Crippen LogP contribution in [0.2, 0.25) is 5.02 Å². The van der Waals surface area contributed by atoms with Crippen LogP contribution < -0.4 is 5.32 Å². The molecule has 23 heavy (non-hydrogen) atoms. The zero-order valence-corrected chi connectivity index (χ0v) is 14.5. The summed E-state index contributed by atoms with van der Waals surface area (Å²) in [6.07, 6.45) is 6.19. The maximum absolute atomic E-state index is 6.23. The Morgan fingerprint density at radius 2 is 1.78 bits per heavy atom. The first-order valence-corrected chi connectivity index (χ1v) is 8.36. The standard InChI is InChI=1S/C19H19ClN2.ClH/c20-16-5-6-17-15(12-16)4-3-14-2-1-9-22-19(14)18(17)13-7-10-21-11-8-13;/h1-2,5-6,9,12,21H,3-4,7-8,10-11H2;1H/p+2. The molecule has 0 atom stereocenters. The number of benzene rings is 1. The van der Waals surface area contributed by atoms with Gasteiger partial charge in [0.2, 0.25) is 0 Å². The van der Waals surface area contributed by atoms with Gasteiger partial charge >= 0.3 is 2.85 Å². The average Bonchev–Trinajstić information content (AvgIpc) is 2.72. The molecule has 2 nitrogen and oxygen atoms in total. The van der Waals surface area contributed by atoms with Gasteiger partial charge in [-0.15, -0.1) is 12.4 Å². The minimum atomic E-state index is 0. The molecule has 0 spiro atoms. The molecule has 0 bridgehead atoms. The number of aryl methyl sites for hydroxylation is 2. The van der Waals surface area contributed by atoms with Gasteiger partial charge in [-0.25, -0.2) is 0 Å². The number of hydrogen-bond acceptors (Lipinski definition) is 2. The first kappa shape index (κ1) is 16.5. The summed E-state index contributed by atoms with van der Waals surface area (Å²) in [5.74, 6) is 0. The third-order valence-corrected chi connectivity index (χ3v) is 4.92. The fourth-order valence-electron chi connectivity index (χ4n) is 3.61. The van der Waals surface area contributed by atoms with Crippen molar-refractivity contribution in [2.24, 2.45) is 0 Å². The minimum absolute atomic E-state index is 0. The Kier molecular flexibility index (Phi) is 5.05. The Hall–Kier alpha value is -1.35. The summed E-state index contributed by atoms with van der Waals surface area (Å²) in [5, 5.41) is 4.28. The molecular formula is C19H22Cl2N2+2. The van der Waals surface area contributed by atoms with Gasteiger partial charge in [-0.1, -0.05) is 29.3 Å². The van der Waals surface area contributed by atoms with Crippen LogP contribution in [-0.2, 0) is 12.8 Å². The van der Waals surface area contributed by atoms with E-state index in [0.717, 1.165) is 43.8 Å². The van der Waals surface area contributed by atoms with Gasteiger partial charge in [0.05, 0.1) is 5.69 Å². The van der Waals surface area contributed by atoms with Crippen LogP contribution in [0.4, 0.5) is 0 Å². The number of piperidine rings is 1. The van der Waals surface area contributed by atoms with Gasteiger partial charge in [-0.05, 0) is 73.7 Å². The number of nitrogens with zero attached hydrogens (tertiary/aromatic N) is 1. The maximum atomic E-state index is 6.23. The minimum Gasteiger partial charge on any atom is -0.316 e. The summed E-state index contributed by atoms with van der Waals surface area (Å²) >= 11 is 6.23. The molecule has 120 valence electrons. The lowest BCUT2D eigenvalue weighted by Crippen LogP contribution is -2.24. The van der Waals surface area contributed by atoms with Crippen LogP contribution in [0.15, 0.2) is 42.1 Å². The second-order valence-corrected chi connectivity index (χ2v) is 6.48. The van der Waals surface area contributed by atoms with Crippen LogP contribution in [-0.4, -0.2) is 18.1 Å². The fraction of sp³-hybridized carbons (Fsp3) is 0.316. The average molecular weight is 349 g/mol. The smallest absolute Gasteiger partial charge is 0.316 e. The van der Waals surface area contributed by atoms with Crippen molar-refractivity contribution in [2.45, 2.75) is 25.7 Å². The number of hydrogen-bond donors (Lipinski definition) is 1. The summed E-state index contributed by atoms with van der Waals surface area (Å²) in [7, 11) is 0. The van der Waals surface area contributed by atoms with Crippen LogP contribution in [0.3, 0.4) is 0 Å². The van der Waals surface area contributed by atoms with Gasteiger partial charge in [0.25, 0.3) is 0 Å². The molecule has 1 aromatic carbocycles. The van der Waals surface area contributed by atoms with E-state index in [1.54, 1.807) is 0 Å². The fourth-order valence-corrected chi connectivity index (χ4v) is 3.81. The van der Waals surface area contributed by atoms with E-state index in [1.165, 1.54) is 33.5 Å². The SMILES string of the molecule is Cl.Clc1ccc2c(c1)CCc1cccnc1C2=C1CCNCC1.[H+].[H+]. The summed E-state index contributed by atoms with van der Waals surface area (Å²) in [5.41, 5.74) is 8.12. The van der Waals surface area contributed by atoms with Crippen molar-refractivity contribution >= 4 is 29.6 Å². The van der Waals surface area contributed by atoms with E-state index >= 15 is 0 Å². The summed E-state index contributed by atoms with van der Waals surface area (Å²) < 4.78 is 0. The number of aromatic nitrogens is 1. The van der Waals surface area contributed by atoms with Crippen molar-refractivity contribution in [1.82, 2.24) is 10.3 Å². The number of pyridine rings is 1. The number of rotatable bonds is 0. The zero-order valence-electron chi connectivity index (χ0n) is 14.9. The highest BCUT2D eigenvalue weighted by Crippen LogP contribution is 2.37. The molecule has 1 aliphatic heterocycles. The molecule has 4 heteroatoms. The zero-order chi connectivity index (χ0) is 14.9. The highest BCUT2D eigenvalue weighted by atomic mass is 35.5. The predicted octanol–water partition coefficient (Wildman–Crippen LogP) is 4.67. The molecule has 2 aliphatic rings. The Morgan fingerprint density at radius 1 is 1.00 bits per heavy atom. The van der Waals surface area contributed by atoms with E-state index in [0.29, 0.717) is 0 Å². The molecule has 0 radical (unpaired) electrons. The Bertz CT molecular complexity index is 755. The number of fused-ring (bicyclic) bond motifs is 2. The van der Waals surface area contributed by atoms with Gasteiger partial charge in [-0.2, -0.15) is 0 Å². The van der Waals surface area contributed by atoms with Crippen molar-refractivity contribution in [3.63, 3.8) is 0 Å². The molecule has 0 saturated carbocycles. The Morgan fingerprint density at radius 3 is 2.61 bits per heavy atom. The molecular weight excluding hydrogens is 327 g/mol. The van der Waals surface area contributed by atoms with Crippen LogP contribution >= 0.6 is 24.0 Å². The number of nitrogens with one attached hydrogen (secondary N) is 1. The third-order valence-electron chi connectivity index (χ3n) is 4.69. The number of halogens is 2. The third kappa shape index (κ3) is 3.16. The lowest BCUT2D eigenvalue weighted by Gasteiger charge is -2.21. The van der Waals surface area contributed by atoms with Crippen molar-refractivity contribution in [1.29, 1.82) is 0 Å². The largest absolute Gasteiger partial charge is 1.00 e. The molecule has 0 amide bonds. The highest BCUT2D eigenvalue weighted by Gasteiger charge is 2.23. The van der Waals surface area contributed by atoms with Crippen LogP contribution in [0.5, 0.6) is 0 Å². The van der Waals surface area contributed by atoms with Crippen molar-refractivity contribution in [3.8, 4) is 0 Å². The van der Waals surface area contributed by atoms with Gasteiger partial charge in [-0.3, -0.25) is 4.98 Å². The first-order valence-electron chi connectivity index (χ1n) is 7.99. The summed E-state index contributed by atoms with van der Waals surface area (Å²) in [6.45, 7) is 2.12. The lowest BCUT2D eigenvalue weighted by atomic mass is 9.89. The van der Waals surface area contributed by atoms with Crippen LogP contribution in [0.25, 0.3) is 5.57 Å². The quantitative estimate of drug-likeness (QED) is 0.748. The normalized spacial score (nSPS) is 16.9. The van der Waals surface area contributed by atoms with Gasteiger partial charge in [0.15, 0.2) is 0 Å². The van der Waals surface area contributed by atoms with Crippen molar-refractivity contribution in [2.75, 3.05) is 13.1 Å². The van der Waals surface area contributed by atoms with E-state index < -0.39 is 0 Å². The highest BCUT2D eigenvalue weighted by molar-refractivity contribution is 6.30. The van der Waals surface area contributed by atoms with Gasteiger partial charge in [0, 0.05) is 16.8 Å². The van der Waals surface area contributed by atoms with E-state index in [9.17, 15) is 0 Å². The van der Waals surface area contributed by atoms with E-state index in [4.69, 9.17) is 16.6 Å². The maximum Gasteiger partial charge on any atom is 1.00 e. The van der Waals surface area contributed by atoms with Crippen LogP contribution in [0.1, 0.15) is 38.1 Å². The second-order valence-electron chi connectivity index (χ2n) is 6.04. The van der Waals surface area contributed by atoms with E-state index in [2.05, 4.69) is 23.5 Å². The van der Waals surface area contributed by atoms with Gasteiger partial charge < -0.3 is 5.32 Å². The Labute approximate surface area is 151 Å². The molecule has 4 rings (SSSR count). The summed E-state index contributed by atoms with van der Waals surface area (Å²) in [4.78, 5) is 4.75. The molecule has 1 aliphatic carbocycles. The molecule has 1 fully saturated rings. The lowest BCUT2D eigenvalue weighted by molar-refractivity contribution is 0.611. The van der Waals surface area contributed by atoms with Gasteiger partial charge in [0.1, 0.15) is 0 Å². The Balaban J connectivity index is 0.00000104. The molecule has 1 N–H and O–H groups in total. The predicted molar refractivity (Wildman–Crippen MR) is 101 cm³/mol.